The Balaban J connectivity index is 1.48. The number of ether oxygens (including phenoxy) is 2. The molecule has 34 heavy (non-hydrogen) atoms. The number of amides is 1. The second kappa shape index (κ2) is 9.65. The minimum atomic E-state index is -0.474. The van der Waals surface area contributed by atoms with Crippen LogP contribution in [0.2, 0.25) is 0 Å². The Kier molecular flexibility index (Phi) is 6.48. The highest BCUT2D eigenvalue weighted by Crippen LogP contribution is 2.25. The van der Waals surface area contributed by atoms with Crippen molar-refractivity contribution >= 4 is 17.4 Å². The number of nitrogens with two attached hydrogens (primary N) is 1. The number of nitrogens with one attached hydrogen (secondary N) is 1. The van der Waals surface area contributed by atoms with E-state index in [1.54, 1.807) is 31.4 Å². The number of oxazole rings is 1. The molecule has 0 saturated carbocycles. The molecule has 0 radical (unpaired) electrons. The van der Waals surface area contributed by atoms with Crippen LogP contribution in [-0.2, 0) is 6.54 Å². The molecule has 3 N–H and O–H groups in total. The van der Waals surface area contributed by atoms with Gasteiger partial charge in [0.2, 0.25) is 5.89 Å². The number of methoxy groups -OCH3 is 1. The Morgan fingerprint density at radius 1 is 1.18 bits per heavy atom. The van der Waals surface area contributed by atoms with Crippen LogP contribution in [0, 0.1) is 6.92 Å². The SMILES string of the molecule is COc1cccc(NC(=O)c2nnn(Cc3nc(-c4ccc(OC(C)C)cc4)oc3C)c2N)c1. The van der Waals surface area contributed by atoms with Gasteiger partial charge in [-0.05, 0) is 57.2 Å². The van der Waals surface area contributed by atoms with E-state index in [1.807, 2.05) is 45.0 Å². The Labute approximate surface area is 196 Å². The van der Waals surface area contributed by atoms with Gasteiger partial charge < -0.3 is 24.9 Å². The summed E-state index contributed by atoms with van der Waals surface area (Å²) < 4.78 is 18.1. The first-order valence-electron chi connectivity index (χ1n) is 10.7. The molecule has 0 aliphatic rings. The maximum atomic E-state index is 12.7. The summed E-state index contributed by atoms with van der Waals surface area (Å²) >= 11 is 0. The van der Waals surface area contributed by atoms with E-state index < -0.39 is 5.91 Å². The first-order chi connectivity index (χ1) is 16.3. The van der Waals surface area contributed by atoms with Gasteiger partial charge in [0.25, 0.3) is 5.91 Å². The number of aromatic nitrogens is 4. The summed E-state index contributed by atoms with van der Waals surface area (Å²) in [6.07, 6.45) is 0.0945. The Bertz CT molecular complexity index is 1290. The highest BCUT2D eigenvalue weighted by Gasteiger charge is 2.20. The van der Waals surface area contributed by atoms with Crippen molar-refractivity contribution in [2.45, 2.75) is 33.4 Å². The average Bonchev–Trinajstić information content (AvgIpc) is 3.36. The fourth-order valence-corrected chi connectivity index (χ4v) is 3.28. The summed E-state index contributed by atoms with van der Waals surface area (Å²) in [5.41, 5.74) is 8.19. The quantitative estimate of drug-likeness (QED) is 0.403. The summed E-state index contributed by atoms with van der Waals surface area (Å²) in [6.45, 7) is 5.96. The molecule has 176 valence electrons. The number of nitrogen functional groups attached to an aromatic ring is 1. The fourth-order valence-electron chi connectivity index (χ4n) is 3.28. The van der Waals surface area contributed by atoms with Gasteiger partial charge in [-0.25, -0.2) is 9.67 Å². The molecule has 0 saturated heterocycles. The maximum absolute atomic E-state index is 12.7. The van der Waals surface area contributed by atoms with E-state index in [1.165, 1.54) is 4.68 Å². The molecule has 0 aliphatic heterocycles. The third kappa shape index (κ3) is 5.01. The number of carbonyl (C=O) groups is 1. The van der Waals surface area contributed by atoms with Gasteiger partial charge in [-0.15, -0.1) is 5.10 Å². The largest absolute Gasteiger partial charge is 0.497 e. The second-order valence-corrected chi connectivity index (χ2v) is 7.88. The lowest BCUT2D eigenvalue weighted by atomic mass is 10.2. The minimum absolute atomic E-state index is 0.0185. The molecular formula is C24H26N6O4. The summed E-state index contributed by atoms with van der Waals surface area (Å²) in [5.74, 6) is 2.14. The van der Waals surface area contributed by atoms with Crippen molar-refractivity contribution in [1.82, 2.24) is 20.0 Å². The Morgan fingerprint density at radius 2 is 1.94 bits per heavy atom. The van der Waals surface area contributed by atoms with Crippen LogP contribution >= 0.6 is 0 Å². The van der Waals surface area contributed by atoms with Crippen LogP contribution in [0.4, 0.5) is 11.5 Å². The van der Waals surface area contributed by atoms with Gasteiger partial charge in [-0.3, -0.25) is 4.79 Å². The van der Waals surface area contributed by atoms with E-state index in [-0.39, 0.29) is 24.2 Å². The molecular weight excluding hydrogens is 436 g/mol. The van der Waals surface area contributed by atoms with Crippen molar-refractivity contribution in [1.29, 1.82) is 0 Å². The summed E-state index contributed by atoms with van der Waals surface area (Å²) in [6, 6.07) is 14.5. The molecule has 1 amide bonds. The molecule has 2 aromatic carbocycles. The summed E-state index contributed by atoms with van der Waals surface area (Å²) in [5, 5.41) is 10.7. The van der Waals surface area contributed by atoms with Crippen LogP contribution in [0.3, 0.4) is 0 Å². The van der Waals surface area contributed by atoms with Crippen LogP contribution < -0.4 is 20.5 Å². The number of aryl methyl sites for hydroxylation is 1. The lowest BCUT2D eigenvalue weighted by molar-refractivity contribution is 0.102. The third-order valence-electron chi connectivity index (χ3n) is 4.98. The first-order valence-corrected chi connectivity index (χ1v) is 10.7. The van der Waals surface area contributed by atoms with Crippen molar-refractivity contribution in [3.05, 3.63) is 65.7 Å². The topological polar surface area (TPSA) is 130 Å². The lowest BCUT2D eigenvalue weighted by Crippen LogP contribution is -2.15. The summed E-state index contributed by atoms with van der Waals surface area (Å²) in [7, 11) is 1.55. The van der Waals surface area contributed by atoms with Crippen LogP contribution in [0.1, 0.15) is 35.8 Å². The number of nitrogens with zero attached hydrogens (tertiary/aromatic N) is 4. The number of hydrogen-bond donors (Lipinski definition) is 2. The zero-order valence-electron chi connectivity index (χ0n) is 19.4. The van der Waals surface area contributed by atoms with E-state index in [0.717, 1.165) is 11.3 Å². The molecule has 2 aromatic heterocycles. The number of hydrogen-bond acceptors (Lipinski definition) is 8. The highest BCUT2D eigenvalue weighted by atomic mass is 16.5. The predicted molar refractivity (Wildman–Crippen MR) is 127 cm³/mol. The zero-order valence-corrected chi connectivity index (χ0v) is 19.4. The monoisotopic (exact) mass is 462 g/mol. The normalized spacial score (nSPS) is 11.0. The molecule has 0 fully saturated rings. The van der Waals surface area contributed by atoms with Gasteiger partial charge in [0.1, 0.15) is 23.0 Å². The second-order valence-electron chi connectivity index (χ2n) is 7.88. The van der Waals surface area contributed by atoms with Gasteiger partial charge in [0.05, 0.1) is 19.8 Å². The smallest absolute Gasteiger partial charge is 0.280 e. The standard InChI is InChI=1S/C24H26N6O4/c1-14(2)33-18-10-8-16(9-11-18)24-27-20(15(3)34-24)13-30-22(25)21(28-29-30)23(31)26-17-6-5-7-19(12-17)32-4/h5-12,14H,13,25H2,1-4H3,(H,26,31). The highest BCUT2D eigenvalue weighted by molar-refractivity contribution is 6.05. The van der Waals surface area contributed by atoms with E-state index >= 15 is 0 Å². The minimum Gasteiger partial charge on any atom is -0.497 e. The van der Waals surface area contributed by atoms with Gasteiger partial charge >= 0.3 is 0 Å². The third-order valence-corrected chi connectivity index (χ3v) is 4.98. The molecule has 0 spiro atoms. The van der Waals surface area contributed by atoms with Crippen molar-refractivity contribution in [2.75, 3.05) is 18.2 Å². The van der Waals surface area contributed by atoms with E-state index in [2.05, 4.69) is 20.6 Å². The van der Waals surface area contributed by atoms with Crippen molar-refractivity contribution in [3.63, 3.8) is 0 Å². The fraction of sp³-hybridized carbons (Fsp3) is 0.250. The zero-order chi connectivity index (χ0) is 24.2. The van der Waals surface area contributed by atoms with Crippen molar-refractivity contribution in [3.8, 4) is 23.0 Å². The van der Waals surface area contributed by atoms with Crippen LogP contribution in [0.15, 0.2) is 52.9 Å². The van der Waals surface area contributed by atoms with E-state index in [0.29, 0.717) is 28.8 Å². The van der Waals surface area contributed by atoms with E-state index in [9.17, 15) is 4.79 Å². The molecule has 0 aliphatic carbocycles. The maximum Gasteiger partial charge on any atom is 0.280 e. The number of anilines is 2. The molecule has 10 heteroatoms. The average molecular weight is 463 g/mol. The lowest BCUT2D eigenvalue weighted by Gasteiger charge is -2.09. The molecule has 4 aromatic rings. The van der Waals surface area contributed by atoms with Crippen LogP contribution in [0.25, 0.3) is 11.5 Å². The number of carbonyl (C=O) groups excluding carboxylic acids is 1. The number of rotatable bonds is 8. The molecule has 10 nitrogen and oxygen atoms in total. The van der Waals surface area contributed by atoms with Gasteiger partial charge in [0.15, 0.2) is 11.5 Å². The van der Waals surface area contributed by atoms with E-state index in [4.69, 9.17) is 19.6 Å². The first kappa shape index (κ1) is 22.8. The molecule has 2 heterocycles. The van der Waals surface area contributed by atoms with Gasteiger partial charge in [0, 0.05) is 17.3 Å². The van der Waals surface area contributed by atoms with Gasteiger partial charge in [-0.1, -0.05) is 11.3 Å². The molecule has 0 unspecified atom stereocenters. The molecule has 4 rings (SSSR count). The van der Waals surface area contributed by atoms with Crippen molar-refractivity contribution < 1.29 is 18.7 Å². The van der Waals surface area contributed by atoms with Gasteiger partial charge in [-0.2, -0.15) is 0 Å². The van der Waals surface area contributed by atoms with Crippen LogP contribution in [0.5, 0.6) is 11.5 Å². The number of benzene rings is 2. The van der Waals surface area contributed by atoms with Crippen molar-refractivity contribution in [2.24, 2.45) is 0 Å². The Morgan fingerprint density at radius 3 is 2.65 bits per heavy atom. The molecule has 0 bridgehead atoms. The Hall–Kier alpha value is -4.34. The predicted octanol–water partition coefficient (Wildman–Crippen LogP) is 3.92. The summed E-state index contributed by atoms with van der Waals surface area (Å²) in [4.78, 5) is 17.2. The van der Waals surface area contributed by atoms with Crippen LogP contribution in [-0.4, -0.2) is 39.1 Å². The molecule has 0 atom stereocenters.